The quantitative estimate of drug-likeness (QED) is 0.791. The lowest BCUT2D eigenvalue weighted by Gasteiger charge is -2.22. The van der Waals surface area contributed by atoms with Crippen molar-refractivity contribution >= 4 is 0 Å². The number of hydrogen-bond acceptors (Lipinski definition) is 4. The average Bonchev–Trinajstić information content (AvgIpc) is 2.37. The van der Waals surface area contributed by atoms with Crippen LogP contribution in [-0.2, 0) is 0 Å². The Labute approximate surface area is 104 Å². The first-order valence-electron chi connectivity index (χ1n) is 6.33. The van der Waals surface area contributed by atoms with Gasteiger partial charge >= 0.3 is 0 Å². The van der Waals surface area contributed by atoms with E-state index in [9.17, 15) is 0 Å². The molecule has 0 aliphatic rings. The highest BCUT2D eigenvalue weighted by atomic mass is 16.5. The number of nitrogens with zero attached hydrogens (tertiary/aromatic N) is 2. The zero-order chi connectivity index (χ0) is 12.7. The van der Waals surface area contributed by atoms with Crippen LogP contribution in [0.3, 0.4) is 0 Å². The maximum Gasteiger partial charge on any atom is 0.216 e. The number of aromatic nitrogens is 2. The minimum Gasteiger partial charge on any atom is -0.481 e. The smallest absolute Gasteiger partial charge is 0.216 e. The second kappa shape index (κ2) is 7.22. The van der Waals surface area contributed by atoms with Crippen molar-refractivity contribution in [1.29, 1.82) is 0 Å². The molecule has 2 unspecified atom stereocenters. The Hall–Kier alpha value is -1.16. The summed E-state index contributed by atoms with van der Waals surface area (Å²) in [6.45, 7) is 7.55. The molecule has 17 heavy (non-hydrogen) atoms. The normalized spacial score (nSPS) is 14.4. The van der Waals surface area contributed by atoms with Gasteiger partial charge < -0.3 is 10.1 Å². The van der Waals surface area contributed by atoms with Crippen molar-refractivity contribution in [1.82, 2.24) is 15.3 Å². The molecule has 4 nitrogen and oxygen atoms in total. The first-order valence-corrected chi connectivity index (χ1v) is 6.33. The average molecular weight is 237 g/mol. The lowest BCUT2D eigenvalue weighted by molar-refractivity contribution is 0.384. The summed E-state index contributed by atoms with van der Waals surface area (Å²) in [5.74, 6) is 1.83. The van der Waals surface area contributed by atoms with Crippen LogP contribution in [0.25, 0.3) is 0 Å². The zero-order valence-corrected chi connectivity index (χ0v) is 11.2. The van der Waals surface area contributed by atoms with Crippen LogP contribution in [0.2, 0.25) is 0 Å². The summed E-state index contributed by atoms with van der Waals surface area (Å²) >= 11 is 0. The van der Waals surface area contributed by atoms with Gasteiger partial charge in [0.15, 0.2) is 0 Å². The van der Waals surface area contributed by atoms with Crippen molar-refractivity contribution in [3.05, 3.63) is 18.1 Å². The summed E-state index contributed by atoms with van der Waals surface area (Å²) in [5.41, 5.74) is 0. The monoisotopic (exact) mass is 237 g/mol. The van der Waals surface area contributed by atoms with Gasteiger partial charge in [-0.3, -0.25) is 0 Å². The van der Waals surface area contributed by atoms with Crippen molar-refractivity contribution in [2.75, 3.05) is 13.7 Å². The van der Waals surface area contributed by atoms with Crippen LogP contribution in [-0.4, -0.2) is 29.7 Å². The van der Waals surface area contributed by atoms with Crippen molar-refractivity contribution in [2.45, 2.75) is 45.6 Å². The van der Waals surface area contributed by atoms with Gasteiger partial charge in [0.1, 0.15) is 5.82 Å². The molecule has 2 atom stereocenters. The van der Waals surface area contributed by atoms with E-state index in [4.69, 9.17) is 4.74 Å². The van der Waals surface area contributed by atoms with Crippen LogP contribution in [0, 0.1) is 0 Å². The van der Waals surface area contributed by atoms with E-state index in [0.29, 0.717) is 17.8 Å². The minimum absolute atomic E-state index is 0.330. The van der Waals surface area contributed by atoms with E-state index in [-0.39, 0.29) is 0 Å². The molecule has 0 aliphatic heterocycles. The first kappa shape index (κ1) is 13.9. The molecule has 1 aromatic rings. The highest BCUT2D eigenvalue weighted by Crippen LogP contribution is 2.21. The number of rotatable bonds is 7. The number of hydrogen-bond donors (Lipinski definition) is 1. The van der Waals surface area contributed by atoms with Gasteiger partial charge in [-0.05, 0) is 26.3 Å². The molecular formula is C13H23N3O. The third-order valence-corrected chi connectivity index (χ3v) is 2.95. The second-order valence-electron chi connectivity index (χ2n) is 4.21. The topological polar surface area (TPSA) is 47.0 Å². The van der Waals surface area contributed by atoms with Crippen molar-refractivity contribution in [3.63, 3.8) is 0 Å². The molecule has 0 aliphatic carbocycles. The van der Waals surface area contributed by atoms with Gasteiger partial charge in [0.05, 0.1) is 7.11 Å². The molecule has 0 aromatic carbocycles. The van der Waals surface area contributed by atoms with Crippen molar-refractivity contribution < 1.29 is 4.74 Å². The highest BCUT2D eigenvalue weighted by molar-refractivity contribution is 5.11. The molecular weight excluding hydrogens is 214 g/mol. The maximum atomic E-state index is 5.14. The molecule has 1 aromatic heterocycles. The van der Waals surface area contributed by atoms with E-state index in [2.05, 4.69) is 36.1 Å². The number of nitrogens with one attached hydrogen (secondary N) is 1. The molecule has 1 rings (SSSR count). The van der Waals surface area contributed by atoms with E-state index in [1.807, 2.05) is 0 Å². The molecule has 96 valence electrons. The molecule has 1 heterocycles. The first-order chi connectivity index (χ1) is 8.22. The summed E-state index contributed by atoms with van der Waals surface area (Å²) in [6.07, 6.45) is 3.92. The van der Waals surface area contributed by atoms with Gasteiger partial charge in [0, 0.05) is 24.2 Å². The molecule has 0 spiro atoms. The van der Waals surface area contributed by atoms with Crippen LogP contribution in [0.1, 0.15) is 45.4 Å². The molecule has 0 fully saturated rings. The van der Waals surface area contributed by atoms with E-state index in [1.165, 1.54) is 0 Å². The lowest BCUT2D eigenvalue weighted by atomic mass is 9.97. The molecule has 0 amide bonds. The Morgan fingerprint density at radius 1 is 1.41 bits per heavy atom. The second-order valence-corrected chi connectivity index (χ2v) is 4.21. The third kappa shape index (κ3) is 3.97. The fourth-order valence-electron chi connectivity index (χ4n) is 1.92. The molecule has 0 saturated carbocycles. The van der Waals surface area contributed by atoms with Gasteiger partial charge in [-0.15, -0.1) is 0 Å². The van der Waals surface area contributed by atoms with Gasteiger partial charge in [-0.1, -0.05) is 13.8 Å². The molecule has 4 heteroatoms. The lowest BCUT2D eigenvalue weighted by Crippen LogP contribution is -2.33. The highest BCUT2D eigenvalue weighted by Gasteiger charge is 2.19. The fourth-order valence-corrected chi connectivity index (χ4v) is 1.92. The van der Waals surface area contributed by atoms with E-state index in [1.54, 1.807) is 19.4 Å². The Morgan fingerprint density at radius 2 is 2.18 bits per heavy atom. The van der Waals surface area contributed by atoms with Crippen LogP contribution >= 0.6 is 0 Å². The van der Waals surface area contributed by atoms with E-state index in [0.717, 1.165) is 25.2 Å². The van der Waals surface area contributed by atoms with Crippen LogP contribution in [0.5, 0.6) is 5.88 Å². The predicted octanol–water partition coefficient (Wildman–Crippen LogP) is 2.37. The summed E-state index contributed by atoms with van der Waals surface area (Å²) in [6, 6.07) is 2.16. The standard InChI is InChI=1S/C13H23N3O/c1-5-8-14-10(3)11(6-2)13-15-9-7-12(16-13)17-4/h7,9-11,14H,5-6,8H2,1-4H3. The number of ether oxygens (including phenoxy) is 1. The van der Waals surface area contributed by atoms with Gasteiger partial charge in [0.25, 0.3) is 0 Å². The number of methoxy groups -OCH3 is 1. The minimum atomic E-state index is 0.330. The largest absolute Gasteiger partial charge is 0.481 e. The van der Waals surface area contributed by atoms with Crippen LogP contribution in [0.15, 0.2) is 12.3 Å². The molecule has 0 bridgehead atoms. The fraction of sp³-hybridized carbons (Fsp3) is 0.692. The third-order valence-electron chi connectivity index (χ3n) is 2.95. The van der Waals surface area contributed by atoms with Gasteiger partial charge in [-0.2, -0.15) is 4.98 Å². The Morgan fingerprint density at radius 3 is 2.76 bits per heavy atom. The van der Waals surface area contributed by atoms with Crippen molar-refractivity contribution in [3.8, 4) is 5.88 Å². The van der Waals surface area contributed by atoms with E-state index < -0.39 is 0 Å². The summed E-state index contributed by atoms with van der Waals surface area (Å²) in [5, 5.41) is 3.50. The van der Waals surface area contributed by atoms with Crippen molar-refractivity contribution in [2.24, 2.45) is 0 Å². The zero-order valence-electron chi connectivity index (χ0n) is 11.2. The summed E-state index contributed by atoms with van der Waals surface area (Å²) in [7, 11) is 1.63. The van der Waals surface area contributed by atoms with Gasteiger partial charge in [0.2, 0.25) is 5.88 Å². The van der Waals surface area contributed by atoms with E-state index >= 15 is 0 Å². The maximum absolute atomic E-state index is 5.14. The summed E-state index contributed by atoms with van der Waals surface area (Å²) < 4.78 is 5.14. The SMILES string of the molecule is CCCNC(C)C(CC)c1nccc(OC)n1. The molecule has 0 saturated heterocycles. The Balaban J connectivity index is 2.77. The molecule has 0 radical (unpaired) electrons. The van der Waals surface area contributed by atoms with Crippen LogP contribution < -0.4 is 10.1 Å². The van der Waals surface area contributed by atoms with Gasteiger partial charge in [-0.25, -0.2) is 4.98 Å². The predicted molar refractivity (Wildman–Crippen MR) is 69.4 cm³/mol. The summed E-state index contributed by atoms with van der Waals surface area (Å²) in [4.78, 5) is 8.77. The Bertz CT molecular complexity index is 330. The van der Waals surface area contributed by atoms with Crippen LogP contribution in [0.4, 0.5) is 0 Å². The molecule has 1 N–H and O–H groups in total. The Kier molecular flexibility index (Phi) is 5.91.